The van der Waals surface area contributed by atoms with Crippen LogP contribution < -0.4 is 10.6 Å². The lowest BCUT2D eigenvalue weighted by molar-refractivity contribution is -0.122. The fourth-order valence-electron chi connectivity index (χ4n) is 4.94. The minimum atomic E-state index is -0.0476. The number of rotatable bonds is 7. The summed E-state index contributed by atoms with van der Waals surface area (Å²) in [7, 11) is 0. The first-order valence-corrected chi connectivity index (χ1v) is 10.9. The number of nitrogens with zero attached hydrogens (tertiary/aromatic N) is 1. The van der Waals surface area contributed by atoms with Gasteiger partial charge in [0.1, 0.15) is 0 Å². The van der Waals surface area contributed by atoms with Gasteiger partial charge in [-0.15, -0.1) is 0 Å². The summed E-state index contributed by atoms with van der Waals surface area (Å²) in [4.78, 5) is 25.4. The number of hydrogen-bond donors (Lipinski definition) is 2. The second kappa shape index (κ2) is 8.84. The molecular formula is C23H33N3O3. The van der Waals surface area contributed by atoms with Crippen LogP contribution in [0.3, 0.4) is 0 Å². The van der Waals surface area contributed by atoms with Gasteiger partial charge in [0.05, 0.1) is 12.1 Å². The predicted octanol–water partition coefficient (Wildman–Crippen LogP) is 2.79. The summed E-state index contributed by atoms with van der Waals surface area (Å²) in [6, 6.07) is 8.26. The van der Waals surface area contributed by atoms with Crippen molar-refractivity contribution < 1.29 is 14.3 Å². The van der Waals surface area contributed by atoms with Crippen LogP contribution in [0.25, 0.3) is 0 Å². The molecule has 0 unspecified atom stereocenters. The number of ether oxygens (including phenoxy) is 1. The molecule has 0 bridgehead atoms. The van der Waals surface area contributed by atoms with Crippen molar-refractivity contribution in [2.24, 2.45) is 17.8 Å². The van der Waals surface area contributed by atoms with Gasteiger partial charge in [-0.1, -0.05) is 12.1 Å². The molecule has 2 aliphatic carbocycles. The molecule has 1 aromatic rings. The second-order valence-electron chi connectivity index (χ2n) is 9.19. The van der Waals surface area contributed by atoms with E-state index in [-0.39, 0.29) is 24.0 Å². The molecule has 6 nitrogen and oxygen atoms in total. The van der Waals surface area contributed by atoms with Gasteiger partial charge in [0.2, 0.25) is 11.8 Å². The average Bonchev–Trinajstić information content (AvgIpc) is 3.40. The SMILES string of the molecule is CC(=O)Nc1ccc(CN2C[C@H]3C[C@@H](NC(C)=O)[C@H](OCC4CC4)C[C@H]3C2)cc1. The average molecular weight is 400 g/mol. The maximum atomic E-state index is 11.7. The number of hydrogen-bond acceptors (Lipinski definition) is 4. The monoisotopic (exact) mass is 399 g/mol. The third kappa shape index (κ3) is 5.58. The Labute approximate surface area is 173 Å². The van der Waals surface area contributed by atoms with Crippen LogP contribution in [0.5, 0.6) is 0 Å². The summed E-state index contributed by atoms with van der Waals surface area (Å²) in [5.41, 5.74) is 2.10. The first-order valence-electron chi connectivity index (χ1n) is 10.9. The van der Waals surface area contributed by atoms with E-state index in [1.807, 2.05) is 12.1 Å². The fourth-order valence-corrected chi connectivity index (χ4v) is 4.94. The smallest absolute Gasteiger partial charge is 0.221 e. The molecule has 1 saturated heterocycles. The van der Waals surface area contributed by atoms with Crippen LogP contribution in [-0.2, 0) is 20.9 Å². The van der Waals surface area contributed by atoms with Gasteiger partial charge in [-0.25, -0.2) is 0 Å². The predicted molar refractivity (Wildman–Crippen MR) is 112 cm³/mol. The minimum absolute atomic E-state index is 0.0441. The van der Waals surface area contributed by atoms with Gasteiger partial charge in [-0.2, -0.15) is 0 Å². The van der Waals surface area contributed by atoms with Crippen molar-refractivity contribution >= 4 is 17.5 Å². The molecule has 1 aromatic carbocycles. The third-order valence-corrected chi connectivity index (χ3v) is 6.50. The van der Waals surface area contributed by atoms with Gasteiger partial charge in [-0.3, -0.25) is 14.5 Å². The fraction of sp³-hybridized carbons (Fsp3) is 0.652. The highest BCUT2D eigenvalue weighted by Gasteiger charge is 2.43. The number of likely N-dealkylation sites (tertiary alicyclic amines) is 1. The normalized spacial score (nSPS) is 29.3. The van der Waals surface area contributed by atoms with E-state index in [1.54, 1.807) is 6.92 Å². The number of benzene rings is 1. The Morgan fingerprint density at radius 1 is 1.03 bits per heavy atom. The van der Waals surface area contributed by atoms with E-state index in [9.17, 15) is 9.59 Å². The molecule has 2 N–H and O–H groups in total. The largest absolute Gasteiger partial charge is 0.376 e. The lowest BCUT2D eigenvalue weighted by Crippen LogP contribution is -2.50. The molecule has 0 radical (unpaired) electrons. The number of anilines is 1. The van der Waals surface area contributed by atoms with Gasteiger partial charge in [0.15, 0.2) is 0 Å². The van der Waals surface area contributed by atoms with Crippen molar-refractivity contribution in [1.82, 2.24) is 10.2 Å². The molecule has 158 valence electrons. The van der Waals surface area contributed by atoms with Gasteiger partial charge < -0.3 is 15.4 Å². The summed E-state index contributed by atoms with van der Waals surface area (Å²) in [6.45, 7) is 7.07. The minimum Gasteiger partial charge on any atom is -0.376 e. The van der Waals surface area contributed by atoms with Crippen molar-refractivity contribution in [3.63, 3.8) is 0 Å². The summed E-state index contributed by atoms with van der Waals surface area (Å²) in [5.74, 6) is 2.00. The molecule has 2 amide bonds. The van der Waals surface area contributed by atoms with E-state index in [0.717, 1.165) is 50.7 Å². The molecular weight excluding hydrogens is 366 g/mol. The van der Waals surface area contributed by atoms with Crippen LogP contribution in [0, 0.1) is 17.8 Å². The molecule has 1 aliphatic heterocycles. The molecule has 3 aliphatic rings. The van der Waals surface area contributed by atoms with Crippen molar-refractivity contribution in [3.05, 3.63) is 29.8 Å². The number of nitrogens with one attached hydrogen (secondary N) is 2. The third-order valence-electron chi connectivity index (χ3n) is 6.50. The Kier molecular flexibility index (Phi) is 6.20. The van der Waals surface area contributed by atoms with E-state index in [1.165, 1.54) is 25.3 Å². The van der Waals surface area contributed by atoms with Crippen LogP contribution in [-0.4, -0.2) is 48.6 Å². The second-order valence-corrected chi connectivity index (χ2v) is 9.19. The van der Waals surface area contributed by atoms with E-state index >= 15 is 0 Å². The number of fused-ring (bicyclic) bond motifs is 1. The zero-order valence-electron chi connectivity index (χ0n) is 17.5. The number of amides is 2. The van der Waals surface area contributed by atoms with Crippen molar-refractivity contribution in [2.75, 3.05) is 25.0 Å². The quantitative estimate of drug-likeness (QED) is 0.740. The van der Waals surface area contributed by atoms with E-state index < -0.39 is 0 Å². The zero-order chi connectivity index (χ0) is 20.4. The molecule has 0 spiro atoms. The molecule has 0 aromatic heterocycles. The molecule has 4 atom stereocenters. The highest BCUT2D eigenvalue weighted by Crippen LogP contribution is 2.39. The standard InChI is InChI=1S/C23H33N3O3/c1-15(27)24-21-7-5-17(6-8-21)11-26-12-19-9-22(25-16(2)28)23(10-20(19)13-26)29-14-18-3-4-18/h5-8,18-20,22-23H,3-4,9-14H2,1-2H3,(H,24,27)(H,25,28)/t19-,20+,22-,23-/m1/s1. The van der Waals surface area contributed by atoms with Gasteiger partial charge in [0.25, 0.3) is 0 Å². The van der Waals surface area contributed by atoms with E-state index in [4.69, 9.17) is 4.74 Å². The molecule has 6 heteroatoms. The van der Waals surface area contributed by atoms with E-state index in [2.05, 4.69) is 27.7 Å². The lowest BCUT2D eigenvalue weighted by atomic mass is 9.77. The van der Waals surface area contributed by atoms with Crippen LogP contribution in [0.2, 0.25) is 0 Å². The lowest BCUT2D eigenvalue weighted by Gasteiger charge is -2.38. The highest BCUT2D eigenvalue weighted by atomic mass is 16.5. The topological polar surface area (TPSA) is 70.7 Å². The zero-order valence-corrected chi connectivity index (χ0v) is 17.5. The Bertz CT molecular complexity index is 731. The Morgan fingerprint density at radius 3 is 2.34 bits per heavy atom. The van der Waals surface area contributed by atoms with Crippen LogP contribution in [0.4, 0.5) is 5.69 Å². The van der Waals surface area contributed by atoms with Crippen LogP contribution >= 0.6 is 0 Å². The molecule has 29 heavy (non-hydrogen) atoms. The molecule has 3 fully saturated rings. The maximum Gasteiger partial charge on any atom is 0.221 e. The van der Waals surface area contributed by atoms with Crippen molar-refractivity contribution in [3.8, 4) is 0 Å². The Morgan fingerprint density at radius 2 is 1.72 bits per heavy atom. The summed E-state index contributed by atoms with van der Waals surface area (Å²) >= 11 is 0. The first kappa shape index (κ1) is 20.4. The first-order chi connectivity index (χ1) is 14.0. The van der Waals surface area contributed by atoms with Gasteiger partial charge >= 0.3 is 0 Å². The van der Waals surface area contributed by atoms with Crippen LogP contribution in [0.1, 0.15) is 45.1 Å². The summed E-state index contributed by atoms with van der Waals surface area (Å²) < 4.78 is 6.26. The van der Waals surface area contributed by atoms with Crippen LogP contribution in [0.15, 0.2) is 24.3 Å². The number of carbonyl (C=O) groups excluding carboxylic acids is 2. The van der Waals surface area contributed by atoms with Crippen molar-refractivity contribution in [2.45, 2.75) is 58.2 Å². The maximum absolute atomic E-state index is 11.7. The number of carbonyl (C=O) groups is 2. The van der Waals surface area contributed by atoms with Crippen molar-refractivity contribution in [1.29, 1.82) is 0 Å². The Balaban J connectivity index is 1.34. The molecule has 1 heterocycles. The van der Waals surface area contributed by atoms with Gasteiger partial charge in [0, 0.05) is 45.8 Å². The summed E-state index contributed by atoms with van der Waals surface area (Å²) in [5, 5.41) is 5.97. The van der Waals surface area contributed by atoms with Gasteiger partial charge in [-0.05, 0) is 61.1 Å². The molecule has 4 rings (SSSR count). The molecule has 2 saturated carbocycles. The Hall–Kier alpha value is -1.92. The van der Waals surface area contributed by atoms with E-state index in [0.29, 0.717) is 11.8 Å². The highest BCUT2D eigenvalue weighted by molar-refractivity contribution is 5.88. The summed E-state index contributed by atoms with van der Waals surface area (Å²) in [6.07, 6.45) is 4.78.